The van der Waals surface area contributed by atoms with Crippen LogP contribution in [0.4, 0.5) is 5.69 Å². The molecule has 0 aliphatic rings. The molecule has 0 bridgehead atoms. The summed E-state index contributed by atoms with van der Waals surface area (Å²) in [6.45, 7) is 1.49. The number of nitrogens with zero attached hydrogens (tertiary/aromatic N) is 1. The molecule has 3 N–H and O–H groups in total. The summed E-state index contributed by atoms with van der Waals surface area (Å²) in [6, 6.07) is 6.58. The van der Waals surface area contributed by atoms with Crippen molar-refractivity contribution >= 4 is 15.7 Å². The number of sulfonamides is 1. The van der Waals surface area contributed by atoms with E-state index in [1.165, 1.54) is 6.20 Å². The van der Waals surface area contributed by atoms with E-state index in [0.29, 0.717) is 16.9 Å². The van der Waals surface area contributed by atoms with Crippen molar-refractivity contribution in [3.63, 3.8) is 0 Å². The second-order valence-corrected chi connectivity index (χ2v) is 5.47. The summed E-state index contributed by atoms with van der Waals surface area (Å²) in [5.41, 5.74) is 1.52. The summed E-state index contributed by atoms with van der Waals surface area (Å²) >= 11 is 0. The summed E-state index contributed by atoms with van der Waals surface area (Å²) in [6.07, 6.45) is 1.26. The SMILES string of the molecule is Cc1[nH]ncc1S(=O)(=O)Nc1cccc(CO)c1. The number of hydrogen-bond acceptors (Lipinski definition) is 4. The van der Waals surface area contributed by atoms with Gasteiger partial charge in [-0.15, -0.1) is 0 Å². The third kappa shape index (κ3) is 2.52. The third-order valence-corrected chi connectivity index (χ3v) is 3.93. The van der Waals surface area contributed by atoms with Crippen molar-refractivity contribution in [2.24, 2.45) is 0 Å². The summed E-state index contributed by atoms with van der Waals surface area (Å²) in [5.74, 6) is 0. The van der Waals surface area contributed by atoms with E-state index in [0.717, 1.165) is 0 Å². The molecule has 1 aromatic carbocycles. The fourth-order valence-electron chi connectivity index (χ4n) is 1.55. The summed E-state index contributed by atoms with van der Waals surface area (Å²) in [4.78, 5) is 0.108. The predicted octanol–water partition coefficient (Wildman–Crippen LogP) is 1.01. The van der Waals surface area contributed by atoms with Crippen molar-refractivity contribution in [2.45, 2.75) is 18.4 Å². The maximum atomic E-state index is 12.0. The highest BCUT2D eigenvalue weighted by molar-refractivity contribution is 7.92. The minimum atomic E-state index is -3.65. The van der Waals surface area contributed by atoms with E-state index in [-0.39, 0.29) is 11.5 Å². The molecule has 0 saturated heterocycles. The molecule has 0 saturated carbocycles. The van der Waals surface area contributed by atoms with Gasteiger partial charge in [0, 0.05) is 5.69 Å². The first-order chi connectivity index (χ1) is 8.53. The van der Waals surface area contributed by atoms with Crippen molar-refractivity contribution in [2.75, 3.05) is 4.72 Å². The molecule has 96 valence electrons. The molecule has 6 nitrogen and oxygen atoms in total. The van der Waals surface area contributed by atoms with Gasteiger partial charge in [0.25, 0.3) is 10.0 Å². The molecule has 2 aromatic rings. The van der Waals surface area contributed by atoms with Crippen molar-refractivity contribution in [1.82, 2.24) is 10.2 Å². The van der Waals surface area contributed by atoms with Gasteiger partial charge >= 0.3 is 0 Å². The van der Waals surface area contributed by atoms with Crippen LogP contribution in [0.1, 0.15) is 11.3 Å². The lowest BCUT2D eigenvalue weighted by Gasteiger charge is -2.08. The Morgan fingerprint density at radius 1 is 1.44 bits per heavy atom. The molecule has 0 radical (unpaired) electrons. The van der Waals surface area contributed by atoms with Crippen molar-refractivity contribution < 1.29 is 13.5 Å². The Balaban J connectivity index is 2.31. The lowest BCUT2D eigenvalue weighted by Crippen LogP contribution is -2.13. The minimum Gasteiger partial charge on any atom is -0.392 e. The number of aliphatic hydroxyl groups excluding tert-OH is 1. The molecular formula is C11H13N3O3S. The van der Waals surface area contributed by atoms with E-state index in [9.17, 15) is 8.42 Å². The molecule has 0 aliphatic carbocycles. The lowest BCUT2D eigenvalue weighted by molar-refractivity contribution is 0.282. The van der Waals surface area contributed by atoms with E-state index in [1.54, 1.807) is 31.2 Å². The predicted molar refractivity (Wildman–Crippen MR) is 66.5 cm³/mol. The highest BCUT2D eigenvalue weighted by Gasteiger charge is 2.18. The maximum Gasteiger partial charge on any atom is 0.265 e. The van der Waals surface area contributed by atoms with Crippen LogP contribution >= 0.6 is 0 Å². The Labute approximate surface area is 105 Å². The van der Waals surface area contributed by atoms with Gasteiger partial charge in [0.1, 0.15) is 4.90 Å². The topological polar surface area (TPSA) is 95.1 Å². The summed E-state index contributed by atoms with van der Waals surface area (Å²) < 4.78 is 26.5. The van der Waals surface area contributed by atoms with Gasteiger partial charge in [0.05, 0.1) is 18.5 Å². The van der Waals surface area contributed by atoms with E-state index >= 15 is 0 Å². The van der Waals surface area contributed by atoms with Gasteiger partial charge in [-0.1, -0.05) is 12.1 Å². The Bertz CT molecular complexity index is 649. The Morgan fingerprint density at radius 2 is 2.22 bits per heavy atom. The van der Waals surface area contributed by atoms with E-state index in [2.05, 4.69) is 14.9 Å². The molecule has 0 fully saturated rings. The average Bonchev–Trinajstić information content (AvgIpc) is 2.76. The number of aromatic amines is 1. The highest BCUT2D eigenvalue weighted by Crippen LogP contribution is 2.18. The standard InChI is InChI=1S/C11H13N3O3S/c1-8-11(6-12-13-8)18(16,17)14-10-4-2-3-9(5-10)7-15/h2-6,14-15H,7H2,1H3,(H,12,13). The van der Waals surface area contributed by atoms with Crippen LogP contribution in [-0.4, -0.2) is 23.7 Å². The number of hydrogen-bond donors (Lipinski definition) is 3. The van der Waals surface area contributed by atoms with Crippen molar-refractivity contribution in [1.29, 1.82) is 0 Å². The fraction of sp³-hybridized carbons (Fsp3) is 0.182. The number of H-pyrrole nitrogens is 1. The van der Waals surface area contributed by atoms with Gasteiger partial charge in [0.2, 0.25) is 0 Å². The van der Waals surface area contributed by atoms with Gasteiger partial charge in [-0.3, -0.25) is 9.82 Å². The zero-order valence-corrected chi connectivity index (χ0v) is 10.5. The average molecular weight is 267 g/mol. The van der Waals surface area contributed by atoms with Crippen LogP contribution in [0.15, 0.2) is 35.4 Å². The normalized spacial score (nSPS) is 11.4. The van der Waals surface area contributed by atoms with Crippen LogP contribution in [0, 0.1) is 6.92 Å². The largest absolute Gasteiger partial charge is 0.392 e. The van der Waals surface area contributed by atoms with E-state index in [4.69, 9.17) is 5.11 Å². The quantitative estimate of drug-likeness (QED) is 0.770. The molecule has 2 rings (SSSR count). The first kappa shape index (κ1) is 12.6. The van der Waals surface area contributed by atoms with Crippen LogP contribution in [0.25, 0.3) is 0 Å². The first-order valence-electron chi connectivity index (χ1n) is 5.25. The van der Waals surface area contributed by atoms with Gasteiger partial charge in [-0.25, -0.2) is 8.42 Å². The first-order valence-corrected chi connectivity index (χ1v) is 6.74. The third-order valence-electron chi connectivity index (χ3n) is 2.43. The molecule has 0 atom stereocenters. The molecule has 1 aromatic heterocycles. The lowest BCUT2D eigenvalue weighted by atomic mass is 10.2. The molecular weight excluding hydrogens is 254 g/mol. The van der Waals surface area contributed by atoms with Crippen molar-refractivity contribution in [3.8, 4) is 0 Å². The van der Waals surface area contributed by atoms with E-state index < -0.39 is 10.0 Å². The minimum absolute atomic E-state index is 0.108. The van der Waals surface area contributed by atoms with Crippen LogP contribution in [0.5, 0.6) is 0 Å². The number of nitrogens with one attached hydrogen (secondary N) is 2. The van der Waals surface area contributed by atoms with Crippen molar-refractivity contribution in [3.05, 3.63) is 41.7 Å². The number of aryl methyl sites for hydroxylation is 1. The number of rotatable bonds is 4. The smallest absolute Gasteiger partial charge is 0.265 e. The van der Waals surface area contributed by atoms with Crippen LogP contribution in [0.3, 0.4) is 0 Å². The number of anilines is 1. The van der Waals surface area contributed by atoms with Gasteiger partial charge in [-0.2, -0.15) is 5.10 Å². The summed E-state index contributed by atoms with van der Waals surface area (Å²) in [5, 5.41) is 15.2. The zero-order valence-electron chi connectivity index (χ0n) is 9.71. The van der Waals surface area contributed by atoms with Gasteiger partial charge in [-0.05, 0) is 24.6 Å². The summed E-state index contributed by atoms with van der Waals surface area (Å²) in [7, 11) is -3.65. The molecule has 0 aliphatic heterocycles. The van der Waals surface area contributed by atoms with Gasteiger partial charge in [0.15, 0.2) is 0 Å². The highest BCUT2D eigenvalue weighted by atomic mass is 32.2. The second kappa shape index (κ2) is 4.79. The van der Waals surface area contributed by atoms with Crippen LogP contribution < -0.4 is 4.72 Å². The van der Waals surface area contributed by atoms with E-state index in [1.807, 2.05) is 0 Å². The Kier molecular flexibility index (Phi) is 3.35. The molecule has 0 amide bonds. The van der Waals surface area contributed by atoms with Gasteiger partial charge < -0.3 is 5.11 Å². The molecule has 0 unspecified atom stereocenters. The molecule has 1 heterocycles. The Morgan fingerprint density at radius 3 is 2.83 bits per heavy atom. The monoisotopic (exact) mass is 267 g/mol. The Hall–Kier alpha value is -1.86. The number of aliphatic hydroxyl groups is 1. The number of benzene rings is 1. The maximum absolute atomic E-state index is 12.0. The second-order valence-electron chi connectivity index (χ2n) is 3.82. The molecule has 0 spiro atoms. The molecule has 7 heteroatoms. The molecule has 18 heavy (non-hydrogen) atoms. The number of aromatic nitrogens is 2. The van der Waals surface area contributed by atoms with Crippen LogP contribution in [-0.2, 0) is 16.6 Å². The fourth-order valence-corrected chi connectivity index (χ4v) is 2.74. The zero-order chi connectivity index (χ0) is 13.2. The van der Waals surface area contributed by atoms with Crippen LogP contribution in [0.2, 0.25) is 0 Å².